The SMILES string of the molecule is CCC1(C)CN(CC2OCCc3ccccc32)C(C)CN1. The van der Waals surface area contributed by atoms with E-state index in [-0.39, 0.29) is 11.6 Å². The average Bonchev–Trinajstić information content (AvgIpc) is 2.51. The lowest BCUT2D eigenvalue weighted by Crippen LogP contribution is -2.62. The largest absolute Gasteiger partial charge is 0.372 e. The maximum absolute atomic E-state index is 6.10. The Kier molecular flexibility index (Phi) is 4.34. The van der Waals surface area contributed by atoms with Crippen LogP contribution in [0.3, 0.4) is 0 Å². The van der Waals surface area contributed by atoms with Gasteiger partial charge in [0.1, 0.15) is 0 Å². The van der Waals surface area contributed by atoms with Crippen molar-refractivity contribution in [2.24, 2.45) is 0 Å². The lowest BCUT2D eigenvalue weighted by molar-refractivity contribution is -0.0106. The molecular formula is C18H28N2O. The Hall–Kier alpha value is -0.900. The molecule has 3 heteroatoms. The van der Waals surface area contributed by atoms with Crippen molar-refractivity contribution in [1.82, 2.24) is 10.2 Å². The predicted molar refractivity (Wildman–Crippen MR) is 86.6 cm³/mol. The smallest absolute Gasteiger partial charge is 0.0954 e. The third-order valence-corrected chi connectivity index (χ3v) is 5.27. The standard InChI is InChI=1S/C18H28N2O/c1-4-18(3)13-20(14(2)11-19-18)12-17-16-8-6-5-7-15(16)9-10-21-17/h5-8,14,17,19H,4,9-13H2,1-3H3. The predicted octanol–water partition coefficient (Wildman–Crippen LogP) is 2.76. The molecule has 2 heterocycles. The zero-order valence-corrected chi connectivity index (χ0v) is 13.6. The normalized spacial score (nSPS) is 33.7. The molecule has 0 radical (unpaired) electrons. The Morgan fingerprint density at radius 3 is 3.00 bits per heavy atom. The van der Waals surface area contributed by atoms with Gasteiger partial charge in [-0.25, -0.2) is 0 Å². The van der Waals surface area contributed by atoms with Crippen molar-refractivity contribution in [3.05, 3.63) is 35.4 Å². The molecule has 0 bridgehead atoms. The lowest BCUT2D eigenvalue weighted by atomic mass is 9.92. The van der Waals surface area contributed by atoms with Gasteiger partial charge in [-0.05, 0) is 37.8 Å². The first-order chi connectivity index (χ1) is 10.1. The molecule has 0 aromatic heterocycles. The van der Waals surface area contributed by atoms with Crippen LogP contribution in [0.25, 0.3) is 0 Å². The van der Waals surface area contributed by atoms with Gasteiger partial charge in [0.05, 0.1) is 12.7 Å². The summed E-state index contributed by atoms with van der Waals surface area (Å²) in [5.74, 6) is 0. The molecule has 0 aliphatic carbocycles. The zero-order chi connectivity index (χ0) is 14.9. The maximum atomic E-state index is 6.10. The highest BCUT2D eigenvalue weighted by Gasteiger charge is 2.34. The fourth-order valence-corrected chi connectivity index (χ4v) is 3.51. The second-order valence-corrected chi connectivity index (χ2v) is 6.88. The minimum Gasteiger partial charge on any atom is -0.372 e. The molecule has 1 aromatic rings. The molecule has 3 rings (SSSR count). The van der Waals surface area contributed by atoms with Gasteiger partial charge >= 0.3 is 0 Å². The van der Waals surface area contributed by atoms with E-state index in [1.807, 2.05) is 0 Å². The first kappa shape index (κ1) is 15.0. The van der Waals surface area contributed by atoms with Crippen molar-refractivity contribution < 1.29 is 4.74 Å². The Balaban J connectivity index is 1.74. The first-order valence-electron chi connectivity index (χ1n) is 8.30. The van der Waals surface area contributed by atoms with E-state index in [1.165, 1.54) is 17.5 Å². The van der Waals surface area contributed by atoms with Crippen LogP contribution in [0.1, 0.15) is 44.4 Å². The molecule has 3 nitrogen and oxygen atoms in total. The fourth-order valence-electron chi connectivity index (χ4n) is 3.51. The van der Waals surface area contributed by atoms with Crippen LogP contribution < -0.4 is 5.32 Å². The molecule has 0 spiro atoms. The number of hydrogen-bond acceptors (Lipinski definition) is 3. The van der Waals surface area contributed by atoms with Gasteiger partial charge in [0.15, 0.2) is 0 Å². The van der Waals surface area contributed by atoms with Crippen molar-refractivity contribution >= 4 is 0 Å². The molecule has 116 valence electrons. The van der Waals surface area contributed by atoms with Gasteiger partial charge in [0.25, 0.3) is 0 Å². The Bertz CT molecular complexity index is 490. The number of nitrogens with zero attached hydrogens (tertiary/aromatic N) is 1. The van der Waals surface area contributed by atoms with Gasteiger partial charge < -0.3 is 10.1 Å². The van der Waals surface area contributed by atoms with Gasteiger partial charge in [-0.15, -0.1) is 0 Å². The summed E-state index contributed by atoms with van der Waals surface area (Å²) in [6, 6.07) is 9.34. The third kappa shape index (κ3) is 3.15. The van der Waals surface area contributed by atoms with E-state index in [4.69, 9.17) is 4.74 Å². The van der Waals surface area contributed by atoms with Gasteiger partial charge in [-0.1, -0.05) is 31.2 Å². The zero-order valence-electron chi connectivity index (χ0n) is 13.6. The van der Waals surface area contributed by atoms with Gasteiger partial charge in [0, 0.05) is 31.2 Å². The molecular weight excluding hydrogens is 260 g/mol. The van der Waals surface area contributed by atoms with Crippen LogP contribution in [0, 0.1) is 0 Å². The number of nitrogens with one attached hydrogen (secondary N) is 1. The van der Waals surface area contributed by atoms with Crippen LogP contribution in [-0.4, -0.2) is 42.7 Å². The van der Waals surface area contributed by atoms with Crippen LogP contribution in [0.5, 0.6) is 0 Å². The quantitative estimate of drug-likeness (QED) is 0.925. The highest BCUT2D eigenvalue weighted by Crippen LogP contribution is 2.29. The Morgan fingerprint density at radius 2 is 2.19 bits per heavy atom. The minimum absolute atomic E-state index is 0.233. The molecule has 0 saturated carbocycles. The number of rotatable bonds is 3. The number of benzene rings is 1. The summed E-state index contributed by atoms with van der Waals surface area (Å²) < 4.78 is 6.10. The van der Waals surface area contributed by atoms with Crippen LogP contribution in [0.2, 0.25) is 0 Å². The Morgan fingerprint density at radius 1 is 1.38 bits per heavy atom. The average molecular weight is 288 g/mol. The molecule has 1 aromatic carbocycles. The third-order valence-electron chi connectivity index (χ3n) is 5.27. The van der Waals surface area contributed by atoms with Crippen molar-refractivity contribution in [3.8, 4) is 0 Å². The van der Waals surface area contributed by atoms with E-state index in [2.05, 4.69) is 55.3 Å². The summed E-state index contributed by atoms with van der Waals surface area (Å²) >= 11 is 0. The molecule has 1 N–H and O–H groups in total. The van der Waals surface area contributed by atoms with E-state index in [1.54, 1.807) is 0 Å². The van der Waals surface area contributed by atoms with E-state index in [9.17, 15) is 0 Å². The van der Waals surface area contributed by atoms with Crippen molar-refractivity contribution in [1.29, 1.82) is 0 Å². The molecule has 21 heavy (non-hydrogen) atoms. The summed E-state index contributed by atoms with van der Waals surface area (Å²) in [6.45, 7) is 11.0. The van der Waals surface area contributed by atoms with Gasteiger partial charge in [0.2, 0.25) is 0 Å². The highest BCUT2D eigenvalue weighted by molar-refractivity contribution is 5.31. The minimum atomic E-state index is 0.233. The first-order valence-corrected chi connectivity index (χ1v) is 8.30. The van der Waals surface area contributed by atoms with Crippen LogP contribution >= 0.6 is 0 Å². The number of piperazine rings is 1. The van der Waals surface area contributed by atoms with Crippen molar-refractivity contribution in [2.75, 3.05) is 26.2 Å². The van der Waals surface area contributed by atoms with Crippen LogP contribution in [0.4, 0.5) is 0 Å². The highest BCUT2D eigenvalue weighted by atomic mass is 16.5. The maximum Gasteiger partial charge on any atom is 0.0954 e. The molecule has 0 amide bonds. The summed E-state index contributed by atoms with van der Waals surface area (Å²) in [5, 5.41) is 3.70. The topological polar surface area (TPSA) is 24.5 Å². The molecule has 1 fully saturated rings. The van der Waals surface area contributed by atoms with E-state index in [0.29, 0.717) is 6.04 Å². The summed E-state index contributed by atoms with van der Waals surface area (Å²) in [6.07, 6.45) is 2.45. The summed E-state index contributed by atoms with van der Waals surface area (Å²) in [5.41, 5.74) is 3.10. The number of fused-ring (bicyclic) bond motifs is 1. The van der Waals surface area contributed by atoms with E-state index >= 15 is 0 Å². The van der Waals surface area contributed by atoms with E-state index in [0.717, 1.165) is 32.7 Å². The van der Waals surface area contributed by atoms with Gasteiger partial charge in [-0.2, -0.15) is 0 Å². The lowest BCUT2D eigenvalue weighted by Gasteiger charge is -2.46. The molecule has 2 aliphatic heterocycles. The van der Waals surface area contributed by atoms with E-state index < -0.39 is 0 Å². The molecule has 1 saturated heterocycles. The number of ether oxygens (including phenoxy) is 1. The van der Waals surface area contributed by atoms with Crippen LogP contribution in [-0.2, 0) is 11.2 Å². The molecule has 3 unspecified atom stereocenters. The molecule has 2 aliphatic rings. The van der Waals surface area contributed by atoms with Gasteiger partial charge in [-0.3, -0.25) is 4.90 Å². The Labute approximate surface area is 128 Å². The van der Waals surface area contributed by atoms with Crippen LogP contribution in [0.15, 0.2) is 24.3 Å². The number of hydrogen-bond donors (Lipinski definition) is 1. The second kappa shape index (κ2) is 6.07. The van der Waals surface area contributed by atoms with Crippen molar-refractivity contribution in [3.63, 3.8) is 0 Å². The summed E-state index contributed by atoms with van der Waals surface area (Å²) in [4.78, 5) is 2.60. The summed E-state index contributed by atoms with van der Waals surface area (Å²) in [7, 11) is 0. The fraction of sp³-hybridized carbons (Fsp3) is 0.667. The molecule has 3 atom stereocenters. The second-order valence-electron chi connectivity index (χ2n) is 6.88. The van der Waals surface area contributed by atoms with Crippen molar-refractivity contribution in [2.45, 2.75) is 51.3 Å². The monoisotopic (exact) mass is 288 g/mol.